The lowest BCUT2D eigenvalue weighted by Gasteiger charge is -2.18. The van der Waals surface area contributed by atoms with Crippen molar-refractivity contribution in [3.63, 3.8) is 0 Å². The van der Waals surface area contributed by atoms with Crippen LogP contribution in [-0.2, 0) is 28.2 Å². The van der Waals surface area contributed by atoms with Crippen LogP contribution in [0.4, 0.5) is 0 Å². The lowest BCUT2D eigenvalue weighted by atomic mass is 10.1. The van der Waals surface area contributed by atoms with Crippen molar-refractivity contribution in [2.24, 2.45) is 0 Å². The number of carbonyl (C=O) groups is 2. The van der Waals surface area contributed by atoms with Gasteiger partial charge < -0.3 is 19.3 Å². The fourth-order valence-electron chi connectivity index (χ4n) is 4.77. The van der Waals surface area contributed by atoms with Crippen LogP contribution in [0.3, 0.4) is 0 Å². The summed E-state index contributed by atoms with van der Waals surface area (Å²) in [6.45, 7) is 3.50. The van der Waals surface area contributed by atoms with Crippen LogP contribution in [0.1, 0.15) is 155 Å². The van der Waals surface area contributed by atoms with Gasteiger partial charge in [-0.15, -0.1) is 0 Å². The second-order valence-electron chi connectivity index (χ2n) is 12.2. The van der Waals surface area contributed by atoms with E-state index in [9.17, 15) is 14.2 Å². The molecule has 2 N–H and O–H groups in total. The molecule has 0 aliphatic carbocycles. The van der Waals surface area contributed by atoms with Crippen molar-refractivity contribution < 1.29 is 37.9 Å². The molecule has 0 saturated carbocycles. The van der Waals surface area contributed by atoms with E-state index in [0.29, 0.717) is 12.8 Å². The molecular weight excluding hydrogens is 627 g/mol. The second kappa shape index (κ2) is 34.6. The zero-order valence-corrected chi connectivity index (χ0v) is 31.0. The Morgan fingerprint density at radius 1 is 0.562 bits per heavy atom. The molecule has 0 aromatic heterocycles. The molecule has 8 nitrogen and oxygen atoms in total. The van der Waals surface area contributed by atoms with Gasteiger partial charge in [0.05, 0.1) is 6.61 Å². The molecule has 1 atom stereocenters. The molecule has 48 heavy (non-hydrogen) atoms. The number of ether oxygens (including phenoxy) is 2. The number of phosphoric acid groups is 1. The van der Waals surface area contributed by atoms with E-state index < -0.39 is 32.5 Å². The highest BCUT2D eigenvalue weighted by Crippen LogP contribution is 2.35. The normalized spacial score (nSPS) is 13.2. The maximum atomic E-state index is 12.3. The Balaban J connectivity index is 4.07. The summed E-state index contributed by atoms with van der Waals surface area (Å²) in [5.41, 5.74) is 0. The van der Waals surface area contributed by atoms with E-state index in [4.69, 9.17) is 19.3 Å². The summed E-state index contributed by atoms with van der Waals surface area (Å²) >= 11 is 0. The summed E-state index contributed by atoms with van der Waals surface area (Å²) in [7, 11) is -4.76. The fraction of sp³-hybridized carbons (Fsp3) is 0.692. The van der Waals surface area contributed by atoms with Crippen LogP contribution < -0.4 is 0 Å². The molecular formula is C39H67O8P. The quantitative estimate of drug-likeness (QED) is 0.0301. The highest BCUT2D eigenvalue weighted by atomic mass is 31.2. The Morgan fingerprint density at radius 2 is 1.00 bits per heavy atom. The highest BCUT2D eigenvalue weighted by Gasteiger charge is 2.22. The summed E-state index contributed by atoms with van der Waals surface area (Å²) < 4.78 is 26.2. The number of allylic oxidation sites excluding steroid dienone is 10. The molecule has 9 heteroatoms. The Morgan fingerprint density at radius 3 is 1.56 bits per heavy atom. The van der Waals surface area contributed by atoms with Crippen LogP contribution in [-0.4, -0.2) is 41.0 Å². The Hall–Kier alpha value is -2.25. The van der Waals surface area contributed by atoms with Gasteiger partial charge in [0, 0.05) is 12.8 Å². The van der Waals surface area contributed by atoms with E-state index in [1.807, 2.05) is 0 Å². The molecule has 0 aromatic carbocycles. The van der Waals surface area contributed by atoms with E-state index in [-0.39, 0.29) is 19.4 Å². The average Bonchev–Trinajstić information content (AvgIpc) is 3.05. The van der Waals surface area contributed by atoms with E-state index in [0.717, 1.165) is 70.6 Å². The molecule has 0 heterocycles. The molecule has 1 unspecified atom stereocenters. The van der Waals surface area contributed by atoms with Crippen molar-refractivity contribution in [1.29, 1.82) is 0 Å². The third-order valence-corrected chi connectivity index (χ3v) is 8.01. The van der Waals surface area contributed by atoms with E-state index in [2.05, 4.69) is 79.1 Å². The highest BCUT2D eigenvalue weighted by molar-refractivity contribution is 7.46. The average molecular weight is 695 g/mol. The first-order valence-corrected chi connectivity index (χ1v) is 20.1. The first-order valence-electron chi connectivity index (χ1n) is 18.6. The van der Waals surface area contributed by atoms with E-state index >= 15 is 0 Å². The van der Waals surface area contributed by atoms with Crippen LogP contribution in [0, 0.1) is 0 Å². The van der Waals surface area contributed by atoms with E-state index in [1.54, 1.807) is 0 Å². The predicted molar refractivity (Wildman–Crippen MR) is 197 cm³/mol. The molecule has 0 amide bonds. The lowest BCUT2D eigenvalue weighted by molar-refractivity contribution is -0.161. The summed E-state index contributed by atoms with van der Waals surface area (Å²) in [5, 5.41) is 0. The lowest BCUT2D eigenvalue weighted by Crippen LogP contribution is -2.29. The number of unbranched alkanes of at least 4 members (excludes halogenated alkanes) is 13. The van der Waals surface area contributed by atoms with Crippen LogP contribution in [0.25, 0.3) is 0 Å². The van der Waals surface area contributed by atoms with Gasteiger partial charge in [-0.05, 0) is 77.0 Å². The smallest absolute Gasteiger partial charge is 0.462 e. The monoisotopic (exact) mass is 694 g/mol. The molecule has 0 aliphatic rings. The minimum atomic E-state index is -4.76. The second-order valence-corrected chi connectivity index (χ2v) is 13.4. The number of hydrogen-bond donors (Lipinski definition) is 2. The number of phosphoric ester groups is 1. The minimum Gasteiger partial charge on any atom is -0.462 e. The summed E-state index contributed by atoms with van der Waals surface area (Å²) in [4.78, 5) is 42.7. The molecule has 0 fully saturated rings. The van der Waals surface area contributed by atoms with Crippen molar-refractivity contribution >= 4 is 19.8 Å². The van der Waals surface area contributed by atoms with Gasteiger partial charge in [-0.2, -0.15) is 0 Å². The minimum absolute atomic E-state index is 0.156. The summed E-state index contributed by atoms with van der Waals surface area (Å²) in [5.74, 6) is -0.949. The number of esters is 2. The van der Waals surface area contributed by atoms with Crippen molar-refractivity contribution in [3.05, 3.63) is 60.8 Å². The third kappa shape index (κ3) is 36.6. The molecule has 0 aliphatic heterocycles. The van der Waals surface area contributed by atoms with Gasteiger partial charge in [-0.3, -0.25) is 14.1 Å². The van der Waals surface area contributed by atoms with Crippen molar-refractivity contribution in [2.75, 3.05) is 13.2 Å². The zero-order valence-electron chi connectivity index (χ0n) is 30.1. The Kier molecular flexibility index (Phi) is 33.0. The maximum Gasteiger partial charge on any atom is 0.469 e. The van der Waals surface area contributed by atoms with Crippen LogP contribution in [0.2, 0.25) is 0 Å². The van der Waals surface area contributed by atoms with Gasteiger partial charge in [0.1, 0.15) is 6.61 Å². The first kappa shape index (κ1) is 45.8. The predicted octanol–water partition coefficient (Wildman–Crippen LogP) is 11.0. The van der Waals surface area contributed by atoms with Gasteiger partial charge in [-0.25, -0.2) is 4.57 Å². The number of hydrogen-bond acceptors (Lipinski definition) is 6. The van der Waals surface area contributed by atoms with Gasteiger partial charge in [0.25, 0.3) is 0 Å². The standard InChI is InChI=1S/C39H67O8P/c1-3-5-7-9-11-13-15-17-19-21-23-25-27-29-31-33-38(40)45-35-37(36-46-48(42,43)44)47-39(41)34-32-30-28-26-24-22-20-18-16-14-12-10-8-6-4-2/h6,8,12,14,17-20,24,26,37H,3-5,7,9-11,13,15-16,21-23,25,27-36H2,1-2H3,(H2,42,43,44)/b8-6-,14-12-,19-17-,20-18-,26-24-. The topological polar surface area (TPSA) is 119 Å². The van der Waals surface area contributed by atoms with Crippen molar-refractivity contribution in [3.8, 4) is 0 Å². The SMILES string of the molecule is CC/C=C\C/C=C\C/C=C\C/C=C\CCCCC(=O)OC(COC(=O)CCCCCCC/C=C\CCCCCCCC)COP(=O)(O)O. The molecule has 0 saturated heterocycles. The molecule has 0 aromatic rings. The number of carbonyl (C=O) groups excluding carboxylic acids is 2. The molecule has 0 rings (SSSR count). The van der Waals surface area contributed by atoms with Gasteiger partial charge in [0.15, 0.2) is 6.10 Å². The zero-order chi connectivity index (χ0) is 35.4. The molecule has 0 bridgehead atoms. The molecule has 276 valence electrons. The van der Waals surface area contributed by atoms with Crippen LogP contribution in [0.15, 0.2) is 60.8 Å². The van der Waals surface area contributed by atoms with Crippen molar-refractivity contribution in [2.45, 2.75) is 161 Å². The molecule has 0 spiro atoms. The van der Waals surface area contributed by atoms with Crippen LogP contribution >= 0.6 is 7.82 Å². The Labute approximate surface area is 292 Å². The number of rotatable bonds is 33. The Bertz CT molecular complexity index is 963. The fourth-order valence-corrected chi connectivity index (χ4v) is 5.13. The van der Waals surface area contributed by atoms with Gasteiger partial charge in [0.2, 0.25) is 0 Å². The maximum absolute atomic E-state index is 12.3. The van der Waals surface area contributed by atoms with E-state index in [1.165, 1.54) is 44.9 Å². The van der Waals surface area contributed by atoms with Crippen molar-refractivity contribution in [1.82, 2.24) is 0 Å². The third-order valence-electron chi connectivity index (χ3n) is 7.52. The summed E-state index contributed by atoms with van der Waals surface area (Å²) in [6, 6.07) is 0. The largest absolute Gasteiger partial charge is 0.469 e. The van der Waals surface area contributed by atoms with Gasteiger partial charge >= 0.3 is 19.8 Å². The van der Waals surface area contributed by atoms with Gasteiger partial charge in [-0.1, -0.05) is 126 Å². The summed E-state index contributed by atoms with van der Waals surface area (Å²) in [6.07, 6.45) is 42.3. The first-order chi connectivity index (χ1) is 23.3. The van der Waals surface area contributed by atoms with Crippen LogP contribution in [0.5, 0.6) is 0 Å². The molecule has 0 radical (unpaired) electrons.